The van der Waals surface area contributed by atoms with Gasteiger partial charge in [-0.25, -0.2) is 18.6 Å². The molecule has 2 aromatic rings. The Balaban J connectivity index is 0.000000372. The third kappa shape index (κ3) is 9.68. The number of hydrogen-bond acceptors (Lipinski definition) is 6. The average molecular weight is 486 g/mol. The summed E-state index contributed by atoms with van der Waals surface area (Å²) in [4.78, 5) is 26.1. The van der Waals surface area contributed by atoms with Gasteiger partial charge in [0.25, 0.3) is 5.92 Å². The highest BCUT2D eigenvalue weighted by Crippen LogP contribution is 2.28. The molecular weight excluding hydrogens is 456 g/mol. The Kier molecular flexibility index (Phi) is 12.3. The number of pyridine rings is 1. The molecule has 1 aliphatic heterocycles. The molecule has 33 heavy (non-hydrogen) atoms. The Labute approximate surface area is 197 Å². The minimum atomic E-state index is -2.96. The zero-order valence-electron chi connectivity index (χ0n) is 18.9. The first-order chi connectivity index (χ1) is 15.7. The number of nitrogens with one attached hydrogen (secondary N) is 2. The highest BCUT2D eigenvalue weighted by molar-refractivity contribution is 6.31. The van der Waals surface area contributed by atoms with Crippen LogP contribution in [0.1, 0.15) is 17.2 Å². The van der Waals surface area contributed by atoms with Gasteiger partial charge in [0.1, 0.15) is 12.1 Å². The van der Waals surface area contributed by atoms with E-state index in [1.165, 1.54) is 7.11 Å². The third-order valence-corrected chi connectivity index (χ3v) is 4.88. The van der Waals surface area contributed by atoms with Gasteiger partial charge in [0.05, 0.1) is 25.7 Å². The van der Waals surface area contributed by atoms with Crippen molar-refractivity contribution in [2.24, 2.45) is 5.73 Å². The summed E-state index contributed by atoms with van der Waals surface area (Å²) in [6, 6.07) is 10.0. The standard InChI is InChI=1S/C13H18F2N4O2.C7H7Cl.C2H5NO/c1-16-11-5-9(3-4-17-11)10(6-21-2)19-8-13(14,15)7-18-12(19)20;1-6-4-2-3-5-7(6)8;3-1-2-4/h3-5,10H,6-8H2,1-2H3,(H,16,17)(H,18,20);2-5H,1H3;2H,1,3H2. The molecule has 1 aromatic carbocycles. The summed E-state index contributed by atoms with van der Waals surface area (Å²) in [5, 5.41) is 5.93. The van der Waals surface area contributed by atoms with E-state index in [9.17, 15) is 13.6 Å². The van der Waals surface area contributed by atoms with Crippen molar-refractivity contribution in [2.75, 3.05) is 45.7 Å². The molecule has 2 heterocycles. The number of amides is 2. The molecule has 0 radical (unpaired) electrons. The number of benzene rings is 1. The van der Waals surface area contributed by atoms with Crippen LogP contribution in [0.3, 0.4) is 0 Å². The smallest absolute Gasteiger partial charge is 0.318 e. The predicted molar refractivity (Wildman–Crippen MR) is 125 cm³/mol. The molecule has 0 bridgehead atoms. The number of aryl methyl sites for hydroxylation is 1. The molecule has 8 nitrogen and oxygen atoms in total. The van der Waals surface area contributed by atoms with Crippen molar-refractivity contribution in [1.82, 2.24) is 15.2 Å². The maximum atomic E-state index is 13.6. The van der Waals surface area contributed by atoms with E-state index in [2.05, 4.69) is 21.4 Å². The number of aromatic nitrogens is 1. The quantitative estimate of drug-likeness (QED) is 0.542. The Hall–Kier alpha value is -2.82. The van der Waals surface area contributed by atoms with Crippen LogP contribution in [-0.4, -0.2) is 68.5 Å². The highest BCUT2D eigenvalue weighted by Gasteiger charge is 2.42. The first-order valence-corrected chi connectivity index (χ1v) is 10.5. The van der Waals surface area contributed by atoms with Crippen molar-refractivity contribution in [3.8, 4) is 0 Å². The molecule has 1 aromatic heterocycles. The van der Waals surface area contributed by atoms with Crippen LogP contribution in [0, 0.1) is 6.92 Å². The van der Waals surface area contributed by atoms with Gasteiger partial charge < -0.3 is 30.8 Å². The Morgan fingerprint density at radius 3 is 2.58 bits per heavy atom. The van der Waals surface area contributed by atoms with Crippen molar-refractivity contribution in [3.05, 3.63) is 58.7 Å². The predicted octanol–water partition coefficient (Wildman–Crippen LogP) is 3.26. The number of alkyl halides is 2. The fourth-order valence-electron chi connectivity index (χ4n) is 2.80. The van der Waals surface area contributed by atoms with E-state index in [-0.39, 0.29) is 13.2 Å². The van der Waals surface area contributed by atoms with Crippen molar-refractivity contribution in [1.29, 1.82) is 0 Å². The number of ether oxygens (including phenoxy) is 1. The summed E-state index contributed by atoms with van der Waals surface area (Å²) in [6.45, 7) is 0.975. The molecule has 4 N–H and O–H groups in total. The molecule has 0 saturated carbocycles. The van der Waals surface area contributed by atoms with Crippen LogP contribution in [-0.2, 0) is 9.53 Å². The van der Waals surface area contributed by atoms with Crippen LogP contribution in [0.5, 0.6) is 0 Å². The zero-order valence-corrected chi connectivity index (χ0v) is 19.6. The normalized spacial score (nSPS) is 15.1. The molecule has 1 atom stereocenters. The summed E-state index contributed by atoms with van der Waals surface area (Å²) in [6.07, 6.45) is 2.21. The molecule has 182 valence electrons. The van der Waals surface area contributed by atoms with E-state index in [0.29, 0.717) is 17.7 Å². The molecule has 11 heteroatoms. The minimum absolute atomic E-state index is 0.122. The Bertz CT molecular complexity index is 868. The van der Waals surface area contributed by atoms with Gasteiger partial charge in [-0.15, -0.1) is 0 Å². The largest absolute Gasteiger partial charge is 0.382 e. The van der Waals surface area contributed by atoms with E-state index in [1.54, 1.807) is 25.4 Å². The second-order valence-electron chi connectivity index (χ2n) is 6.99. The fraction of sp³-hybridized carbons (Fsp3) is 0.409. The number of carbonyl (C=O) groups excluding carboxylic acids is 2. The number of halogens is 3. The number of nitrogens with zero attached hydrogens (tertiary/aromatic N) is 2. The molecule has 1 fully saturated rings. The second-order valence-corrected chi connectivity index (χ2v) is 7.40. The van der Waals surface area contributed by atoms with Gasteiger partial charge in [0.15, 0.2) is 0 Å². The number of methoxy groups -OCH3 is 1. The topological polar surface area (TPSA) is 110 Å². The first-order valence-electron chi connectivity index (χ1n) is 10.1. The van der Waals surface area contributed by atoms with Gasteiger partial charge in [-0.1, -0.05) is 29.8 Å². The number of hydrogen-bond donors (Lipinski definition) is 3. The van der Waals surface area contributed by atoms with Crippen LogP contribution >= 0.6 is 11.6 Å². The summed E-state index contributed by atoms with van der Waals surface area (Å²) >= 11 is 5.71. The summed E-state index contributed by atoms with van der Waals surface area (Å²) < 4.78 is 32.2. The van der Waals surface area contributed by atoms with Crippen molar-refractivity contribution in [2.45, 2.75) is 18.9 Å². The second kappa shape index (κ2) is 14.4. The monoisotopic (exact) mass is 485 g/mol. The third-order valence-electron chi connectivity index (χ3n) is 4.46. The molecule has 0 aliphatic carbocycles. The molecule has 3 rings (SSSR count). The van der Waals surface area contributed by atoms with Crippen LogP contribution < -0.4 is 16.4 Å². The van der Waals surface area contributed by atoms with Gasteiger partial charge >= 0.3 is 6.03 Å². The number of urea groups is 1. The number of carbonyl (C=O) groups is 2. The van der Waals surface area contributed by atoms with Gasteiger partial charge in [-0.3, -0.25) is 0 Å². The maximum Gasteiger partial charge on any atom is 0.318 e. The van der Waals surface area contributed by atoms with Crippen molar-refractivity contribution in [3.63, 3.8) is 0 Å². The van der Waals surface area contributed by atoms with E-state index in [4.69, 9.17) is 21.1 Å². The van der Waals surface area contributed by atoms with E-state index >= 15 is 0 Å². The lowest BCUT2D eigenvalue weighted by Gasteiger charge is -2.38. The molecule has 0 spiro atoms. The first kappa shape index (κ1) is 28.2. The molecule has 1 saturated heterocycles. The van der Waals surface area contributed by atoms with Crippen molar-refractivity contribution >= 4 is 29.7 Å². The lowest BCUT2D eigenvalue weighted by atomic mass is 10.1. The average Bonchev–Trinajstić information content (AvgIpc) is 2.82. The van der Waals surface area contributed by atoms with E-state index in [0.717, 1.165) is 15.5 Å². The van der Waals surface area contributed by atoms with E-state index in [1.807, 2.05) is 31.2 Å². The van der Waals surface area contributed by atoms with Crippen LogP contribution in [0.25, 0.3) is 0 Å². The fourth-order valence-corrected chi connectivity index (χ4v) is 2.94. The lowest BCUT2D eigenvalue weighted by Crippen LogP contribution is -2.58. The zero-order chi connectivity index (χ0) is 24.9. The summed E-state index contributed by atoms with van der Waals surface area (Å²) in [5.41, 5.74) is 6.48. The highest BCUT2D eigenvalue weighted by atomic mass is 35.5. The van der Waals surface area contributed by atoms with Gasteiger partial charge in [0.2, 0.25) is 0 Å². The lowest BCUT2D eigenvalue weighted by molar-refractivity contribution is -0.106. The SMILES string of the molecule is CNc1cc(C(COC)N2CC(F)(F)CNC2=O)ccn1.Cc1ccccc1Cl.NCC=O. The Morgan fingerprint density at radius 2 is 2.06 bits per heavy atom. The minimum Gasteiger partial charge on any atom is -0.382 e. The number of nitrogens with two attached hydrogens (primary N) is 1. The van der Waals surface area contributed by atoms with Crippen LogP contribution in [0.15, 0.2) is 42.6 Å². The van der Waals surface area contributed by atoms with Gasteiger partial charge in [0, 0.05) is 31.9 Å². The summed E-state index contributed by atoms with van der Waals surface area (Å²) in [5.74, 6) is -2.36. The molecule has 2 amide bonds. The molecule has 1 aliphatic rings. The maximum absolute atomic E-state index is 13.6. The number of anilines is 1. The van der Waals surface area contributed by atoms with Gasteiger partial charge in [-0.05, 0) is 36.2 Å². The van der Waals surface area contributed by atoms with E-state index < -0.39 is 31.1 Å². The van der Waals surface area contributed by atoms with Crippen LogP contribution in [0.4, 0.5) is 19.4 Å². The summed E-state index contributed by atoms with van der Waals surface area (Å²) in [7, 11) is 3.17. The van der Waals surface area contributed by atoms with Crippen LogP contribution in [0.2, 0.25) is 5.02 Å². The van der Waals surface area contributed by atoms with Crippen molar-refractivity contribution < 1.29 is 23.1 Å². The molecular formula is C22H30ClF2N5O3. The number of rotatable bonds is 6. The number of aldehydes is 1. The molecule has 1 unspecified atom stereocenters. The Morgan fingerprint density at radius 1 is 1.39 bits per heavy atom. The van der Waals surface area contributed by atoms with Gasteiger partial charge in [-0.2, -0.15) is 0 Å².